The molecule has 1 rings (SSSR count). The SMILES string of the molecule is Cc1ccc(OCCN(C)C(=NCC(=O)N(C)C)NCC(C)C)cc1. The number of amides is 1. The third kappa shape index (κ3) is 8.42. The van der Waals surface area contributed by atoms with Crippen molar-refractivity contribution in [2.45, 2.75) is 20.8 Å². The summed E-state index contributed by atoms with van der Waals surface area (Å²) in [4.78, 5) is 19.8. The molecule has 6 nitrogen and oxygen atoms in total. The average Bonchev–Trinajstić information content (AvgIpc) is 2.55. The van der Waals surface area contributed by atoms with Crippen molar-refractivity contribution in [3.63, 3.8) is 0 Å². The van der Waals surface area contributed by atoms with Crippen LogP contribution in [0, 0.1) is 12.8 Å². The van der Waals surface area contributed by atoms with Gasteiger partial charge in [-0.3, -0.25) is 4.79 Å². The van der Waals surface area contributed by atoms with E-state index in [9.17, 15) is 4.79 Å². The van der Waals surface area contributed by atoms with Gasteiger partial charge in [0.2, 0.25) is 5.91 Å². The highest BCUT2D eigenvalue weighted by atomic mass is 16.5. The molecule has 0 heterocycles. The monoisotopic (exact) mass is 348 g/mol. The third-order valence-electron chi connectivity index (χ3n) is 3.61. The Morgan fingerprint density at radius 3 is 2.40 bits per heavy atom. The van der Waals surface area contributed by atoms with Crippen LogP contribution in [0.15, 0.2) is 29.3 Å². The van der Waals surface area contributed by atoms with Gasteiger partial charge >= 0.3 is 0 Å². The minimum Gasteiger partial charge on any atom is -0.492 e. The molecule has 1 amide bonds. The second-order valence-electron chi connectivity index (χ2n) is 6.79. The molecule has 0 aliphatic rings. The van der Waals surface area contributed by atoms with E-state index in [1.807, 2.05) is 36.2 Å². The molecular formula is C19H32N4O2. The Morgan fingerprint density at radius 1 is 1.20 bits per heavy atom. The smallest absolute Gasteiger partial charge is 0.243 e. The van der Waals surface area contributed by atoms with Crippen LogP contribution in [0.2, 0.25) is 0 Å². The van der Waals surface area contributed by atoms with Crippen LogP contribution < -0.4 is 10.1 Å². The Bertz CT molecular complexity index is 553. The van der Waals surface area contributed by atoms with Crippen molar-refractivity contribution in [3.8, 4) is 5.75 Å². The molecule has 0 aromatic heterocycles. The molecule has 25 heavy (non-hydrogen) atoms. The first-order valence-electron chi connectivity index (χ1n) is 8.68. The van der Waals surface area contributed by atoms with Crippen molar-refractivity contribution in [2.24, 2.45) is 10.9 Å². The summed E-state index contributed by atoms with van der Waals surface area (Å²) in [6, 6.07) is 8.00. The summed E-state index contributed by atoms with van der Waals surface area (Å²) < 4.78 is 5.77. The number of hydrogen-bond acceptors (Lipinski definition) is 3. The number of aryl methyl sites for hydroxylation is 1. The van der Waals surface area contributed by atoms with Crippen molar-refractivity contribution in [3.05, 3.63) is 29.8 Å². The second kappa shape index (κ2) is 10.6. The Balaban J connectivity index is 2.57. The summed E-state index contributed by atoms with van der Waals surface area (Å²) in [7, 11) is 5.42. The lowest BCUT2D eigenvalue weighted by Gasteiger charge is -2.23. The summed E-state index contributed by atoms with van der Waals surface area (Å²) in [5.74, 6) is 2.05. The van der Waals surface area contributed by atoms with Crippen LogP contribution in [0.25, 0.3) is 0 Å². The largest absolute Gasteiger partial charge is 0.492 e. The highest BCUT2D eigenvalue weighted by molar-refractivity contribution is 5.84. The number of benzene rings is 1. The molecule has 6 heteroatoms. The van der Waals surface area contributed by atoms with E-state index < -0.39 is 0 Å². The molecular weight excluding hydrogens is 316 g/mol. The van der Waals surface area contributed by atoms with E-state index in [0.29, 0.717) is 19.1 Å². The number of carbonyl (C=O) groups is 1. The number of likely N-dealkylation sites (N-methyl/N-ethyl adjacent to an activating group) is 2. The third-order valence-corrected chi connectivity index (χ3v) is 3.61. The van der Waals surface area contributed by atoms with Gasteiger partial charge < -0.3 is 19.9 Å². The van der Waals surface area contributed by atoms with E-state index in [2.05, 4.69) is 31.1 Å². The fourth-order valence-corrected chi connectivity index (χ4v) is 1.93. The number of nitrogens with one attached hydrogen (secondary N) is 1. The number of hydrogen-bond donors (Lipinski definition) is 1. The van der Waals surface area contributed by atoms with Gasteiger partial charge in [0.15, 0.2) is 5.96 Å². The minimum atomic E-state index is -0.0202. The minimum absolute atomic E-state index is 0.0202. The van der Waals surface area contributed by atoms with E-state index in [1.165, 1.54) is 5.56 Å². The maximum Gasteiger partial charge on any atom is 0.243 e. The van der Waals surface area contributed by atoms with Crippen LogP contribution in [0.5, 0.6) is 5.75 Å². The molecule has 1 aromatic carbocycles. The highest BCUT2D eigenvalue weighted by Crippen LogP contribution is 2.11. The summed E-state index contributed by atoms with van der Waals surface area (Å²) >= 11 is 0. The molecule has 0 saturated carbocycles. The lowest BCUT2D eigenvalue weighted by atomic mass is 10.2. The van der Waals surface area contributed by atoms with Crippen molar-refractivity contribution in [1.82, 2.24) is 15.1 Å². The zero-order valence-electron chi connectivity index (χ0n) is 16.4. The number of nitrogens with zero attached hydrogens (tertiary/aromatic N) is 3. The van der Waals surface area contributed by atoms with Crippen molar-refractivity contribution in [2.75, 3.05) is 47.4 Å². The molecule has 0 atom stereocenters. The van der Waals surface area contributed by atoms with Gasteiger partial charge in [-0.1, -0.05) is 31.5 Å². The molecule has 0 bridgehead atoms. The molecule has 0 radical (unpaired) electrons. The van der Waals surface area contributed by atoms with Gasteiger partial charge in [0.1, 0.15) is 18.9 Å². The van der Waals surface area contributed by atoms with Gasteiger partial charge in [0, 0.05) is 27.7 Å². The van der Waals surface area contributed by atoms with E-state index in [4.69, 9.17) is 4.74 Å². The Kier molecular flexibility index (Phi) is 8.81. The zero-order valence-corrected chi connectivity index (χ0v) is 16.4. The van der Waals surface area contributed by atoms with Gasteiger partial charge in [-0.25, -0.2) is 4.99 Å². The number of rotatable bonds is 8. The lowest BCUT2D eigenvalue weighted by Crippen LogP contribution is -2.43. The van der Waals surface area contributed by atoms with Crippen molar-refractivity contribution >= 4 is 11.9 Å². The quantitative estimate of drug-likeness (QED) is 0.577. The molecule has 0 unspecified atom stereocenters. The Morgan fingerprint density at radius 2 is 1.84 bits per heavy atom. The molecule has 1 N–H and O–H groups in total. The van der Waals surface area contributed by atoms with Crippen LogP contribution in [-0.2, 0) is 4.79 Å². The summed E-state index contributed by atoms with van der Waals surface area (Å²) in [6.45, 7) is 8.48. The van der Waals surface area contributed by atoms with E-state index in [0.717, 1.165) is 18.3 Å². The molecule has 0 fully saturated rings. The average molecular weight is 348 g/mol. The normalized spacial score (nSPS) is 11.4. The summed E-state index contributed by atoms with van der Waals surface area (Å²) in [5.41, 5.74) is 1.21. The number of ether oxygens (including phenoxy) is 1. The molecule has 1 aromatic rings. The van der Waals surface area contributed by atoms with Crippen LogP contribution in [0.4, 0.5) is 0 Å². The van der Waals surface area contributed by atoms with Gasteiger partial charge in [-0.05, 0) is 25.0 Å². The lowest BCUT2D eigenvalue weighted by molar-refractivity contribution is -0.127. The summed E-state index contributed by atoms with van der Waals surface area (Å²) in [5, 5.41) is 3.32. The maximum atomic E-state index is 11.8. The van der Waals surface area contributed by atoms with Crippen molar-refractivity contribution < 1.29 is 9.53 Å². The molecule has 0 spiro atoms. The Hall–Kier alpha value is -2.24. The molecule has 0 saturated heterocycles. The predicted molar refractivity (Wildman–Crippen MR) is 103 cm³/mol. The Labute approximate surface area is 151 Å². The molecule has 140 valence electrons. The van der Waals surface area contributed by atoms with Gasteiger partial charge in [0.05, 0.1) is 6.54 Å². The highest BCUT2D eigenvalue weighted by Gasteiger charge is 2.09. The van der Waals surface area contributed by atoms with Crippen LogP contribution in [0.1, 0.15) is 19.4 Å². The standard InChI is InChI=1S/C19H32N4O2/c1-15(2)13-20-19(21-14-18(24)22(4)5)23(6)11-12-25-17-9-7-16(3)8-10-17/h7-10,15H,11-14H2,1-6H3,(H,20,21). The number of aliphatic imine (C=N–C) groups is 1. The fourth-order valence-electron chi connectivity index (χ4n) is 1.93. The van der Waals surface area contributed by atoms with Crippen LogP contribution >= 0.6 is 0 Å². The second-order valence-corrected chi connectivity index (χ2v) is 6.79. The molecule has 0 aliphatic carbocycles. The summed E-state index contributed by atoms with van der Waals surface area (Å²) in [6.07, 6.45) is 0. The maximum absolute atomic E-state index is 11.8. The first kappa shape index (κ1) is 20.8. The van der Waals surface area contributed by atoms with Crippen LogP contribution in [-0.4, -0.2) is 69.1 Å². The van der Waals surface area contributed by atoms with Gasteiger partial charge in [0.25, 0.3) is 0 Å². The fraction of sp³-hybridized carbons (Fsp3) is 0.579. The first-order chi connectivity index (χ1) is 11.8. The van der Waals surface area contributed by atoms with Gasteiger partial charge in [-0.2, -0.15) is 0 Å². The van der Waals surface area contributed by atoms with Crippen molar-refractivity contribution in [1.29, 1.82) is 0 Å². The topological polar surface area (TPSA) is 57.2 Å². The van der Waals surface area contributed by atoms with E-state index >= 15 is 0 Å². The number of guanidine groups is 1. The zero-order chi connectivity index (χ0) is 18.8. The first-order valence-corrected chi connectivity index (χ1v) is 8.68. The van der Waals surface area contributed by atoms with E-state index in [-0.39, 0.29) is 12.5 Å². The van der Waals surface area contributed by atoms with Crippen LogP contribution in [0.3, 0.4) is 0 Å². The van der Waals surface area contributed by atoms with Gasteiger partial charge in [-0.15, -0.1) is 0 Å². The van der Waals surface area contributed by atoms with E-state index in [1.54, 1.807) is 19.0 Å². The predicted octanol–water partition coefficient (Wildman–Crippen LogP) is 2.00. The molecule has 0 aliphatic heterocycles. The number of carbonyl (C=O) groups excluding carboxylic acids is 1.